The molecule has 0 amide bonds. The fourth-order valence-electron chi connectivity index (χ4n) is 4.31. The number of piperazine rings is 1. The highest BCUT2D eigenvalue weighted by Crippen LogP contribution is 2.24. The van der Waals surface area contributed by atoms with E-state index in [9.17, 15) is 4.79 Å². The molecule has 0 saturated carbocycles. The van der Waals surface area contributed by atoms with E-state index in [1.54, 1.807) is 7.11 Å². The highest BCUT2D eigenvalue weighted by molar-refractivity contribution is 5.85. The first-order valence-corrected chi connectivity index (χ1v) is 11.0. The molecule has 0 N–H and O–H groups in total. The predicted octanol–water partition coefficient (Wildman–Crippen LogP) is 3.58. The van der Waals surface area contributed by atoms with Gasteiger partial charge in [0, 0.05) is 61.6 Å². The van der Waals surface area contributed by atoms with Gasteiger partial charge in [-0.3, -0.25) is 9.69 Å². The Kier molecular flexibility index (Phi) is 6.77. The van der Waals surface area contributed by atoms with E-state index in [4.69, 9.17) is 9.47 Å². The van der Waals surface area contributed by atoms with Gasteiger partial charge >= 0.3 is 5.97 Å². The zero-order chi connectivity index (χ0) is 21.6. The number of benzene rings is 2. The first-order chi connectivity index (χ1) is 15.2. The lowest BCUT2D eigenvalue weighted by molar-refractivity contribution is -0.143. The Balaban J connectivity index is 1.37. The van der Waals surface area contributed by atoms with E-state index in [-0.39, 0.29) is 12.5 Å². The van der Waals surface area contributed by atoms with Gasteiger partial charge in [0.2, 0.25) is 0 Å². The minimum absolute atomic E-state index is 0.191. The van der Waals surface area contributed by atoms with Crippen LogP contribution in [0.3, 0.4) is 0 Å². The minimum atomic E-state index is -0.191. The lowest BCUT2D eigenvalue weighted by atomic mass is 10.1. The van der Waals surface area contributed by atoms with Gasteiger partial charge in [0.1, 0.15) is 12.3 Å². The number of nitrogens with zero attached hydrogens (tertiary/aromatic N) is 3. The Morgan fingerprint density at radius 3 is 2.61 bits per heavy atom. The van der Waals surface area contributed by atoms with Crippen LogP contribution in [0.1, 0.15) is 12.5 Å². The van der Waals surface area contributed by atoms with Crippen molar-refractivity contribution in [1.82, 2.24) is 9.47 Å². The molecule has 1 saturated heterocycles. The summed E-state index contributed by atoms with van der Waals surface area (Å²) >= 11 is 0. The van der Waals surface area contributed by atoms with Crippen LogP contribution in [0.25, 0.3) is 10.9 Å². The Hall–Kier alpha value is -2.99. The van der Waals surface area contributed by atoms with Crippen LogP contribution in [0.2, 0.25) is 0 Å². The highest BCUT2D eigenvalue weighted by Gasteiger charge is 2.18. The molecular weight excluding hydrogens is 390 g/mol. The number of fused-ring (bicyclic) bond motifs is 1. The summed E-state index contributed by atoms with van der Waals surface area (Å²) < 4.78 is 12.5. The molecule has 164 valence electrons. The molecule has 0 atom stereocenters. The van der Waals surface area contributed by atoms with Gasteiger partial charge in [-0.2, -0.15) is 0 Å². The molecule has 6 nitrogen and oxygen atoms in total. The standard InChI is InChI=1S/C25H31N3O3/c1-3-31-25(29)19-28-18-20(23-9-4-5-10-24(23)28)11-12-26-13-15-27(16-14-26)21-7-6-8-22(17-21)30-2/h4-10,17-18H,3,11-16,19H2,1-2H3. The molecule has 31 heavy (non-hydrogen) atoms. The Morgan fingerprint density at radius 1 is 1.03 bits per heavy atom. The molecule has 1 fully saturated rings. The third-order valence-corrected chi connectivity index (χ3v) is 5.96. The summed E-state index contributed by atoms with van der Waals surface area (Å²) in [5.41, 5.74) is 3.60. The van der Waals surface area contributed by atoms with Crippen molar-refractivity contribution in [3.8, 4) is 5.75 Å². The molecule has 0 aliphatic carbocycles. The van der Waals surface area contributed by atoms with Crippen molar-refractivity contribution < 1.29 is 14.3 Å². The fourth-order valence-corrected chi connectivity index (χ4v) is 4.31. The van der Waals surface area contributed by atoms with E-state index in [2.05, 4.69) is 46.3 Å². The maximum Gasteiger partial charge on any atom is 0.325 e. The van der Waals surface area contributed by atoms with Crippen molar-refractivity contribution in [3.63, 3.8) is 0 Å². The lowest BCUT2D eigenvalue weighted by Gasteiger charge is -2.36. The van der Waals surface area contributed by atoms with Crippen molar-refractivity contribution in [2.24, 2.45) is 0 Å². The molecule has 6 heteroatoms. The van der Waals surface area contributed by atoms with E-state index in [1.807, 2.05) is 29.7 Å². The second-order valence-corrected chi connectivity index (χ2v) is 7.88. The minimum Gasteiger partial charge on any atom is -0.497 e. The Morgan fingerprint density at radius 2 is 1.84 bits per heavy atom. The van der Waals surface area contributed by atoms with Crippen molar-refractivity contribution >= 4 is 22.6 Å². The molecule has 0 radical (unpaired) electrons. The number of aromatic nitrogens is 1. The third kappa shape index (κ3) is 5.02. The van der Waals surface area contributed by atoms with Gasteiger partial charge < -0.3 is 18.9 Å². The van der Waals surface area contributed by atoms with Gasteiger partial charge in [-0.05, 0) is 37.1 Å². The smallest absolute Gasteiger partial charge is 0.325 e. The molecule has 1 aliphatic heterocycles. The van der Waals surface area contributed by atoms with Gasteiger partial charge in [0.25, 0.3) is 0 Å². The number of ether oxygens (including phenoxy) is 2. The van der Waals surface area contributed by atoms with E-state index >= 15 is 0 Å². The average molecular weight is 422 g/mol. The van der Waals surface area contributed by atoms with Crippen LogP contribution in [0.5, 0.6) is 5.75 Å². The summed E-state index contributed by atoms with van der Waals surface area (Å²) in [5, 5.41) is 1.22. The molecule has 0 spiro atoms. The molecule has 4 rings (SSSR count). The van der Waals surface area contributed by atoms with Crippen LogP contribution >= 0.6 is 0 Å². The molecule has 0 unspecified atom stereocenters. The van der Waals surface area contributed by atoms with Crippen LogP contribution in [0, 0.1) is 0 Å². The van der Waals surface area contributed by atoms with Crippen LogP contribution in [-0.2, 0) is 22.5 Å². The first kappa shape index (κ1) is 21.2. The van der Waals surface area contributed by atoms with Crippen molar-refractivity contribution in [1.29, 1.82) is 0 Å². The fraction of sp³-hybridized carbons (Fsp3) is 0.400. The summed E-state index contributed by atoms with van der Waals surface area (Å²) in [4.78, 5) is 16.9. The summed E-state index contributed by atoms with van der Waals surface area (Å²) in [7, 11) is 1.71. The summed E-state index contributed by atoms with van der Waals surface area (Å²) in [5.74, 6) is 0.711. The monoisotopic (exact) mass is 421 g/mol. The average Bonchev–Trinajstić information content (AvgIpc) is 3.15. The number of methoxy groups -OCH3 is 1. The summed E-state index contributed by atoms with van der Waals surface area (Å²) in [6, 6.07) is 16.6. The second kappa shape index (κ2) is 9.88. The molecular formula is C25H31N3O3. The molecule has 1 aromatic heterocycles. The van der Waals surface area contributed by atoms with Gasteiger partial charge in [0.05, 0.1) is 13.7 Å². The van der Waals surface area contributed by atoms with Gasteiger partial charge in [-0.25, -0.2) is 0 Å². The number of esters is 1. The Bertz CT molecular complexity index is 1020. The molecule has 2 aromatic carbocycles. The number of carbonyl (C=O) groups excluding carboxylic acids is 1. The third-order valence-electron chi connectivity index (χ3n) is 5.96. The maximum absolute atomic E-state index is 12.0. The highest BCUT2D eigenvalue weighted by atomic mass is 16.5. The quantitative estimate of drug-likeness (QED) is 0.521. The van der Waals surface area contributed by atoms with Crippen LogP contribution in [-0.4, -0.2) is 61.9 Å². The number of rotatable bonds is 8. The van der Waals surface area contributed by atoms with E-state index in [1.165, 1.54) is 16.6 Å². The number of para-hydroxylation sites is 1. The molecule has 3 aromatic rings. The van der Waals surface area contributed by atoms with Crippen LogP contribution < -0.4 is 9.64 Å². The van der Waals surface area contributed by atoms with E-state index in [0.717, 1.165) is 50.4 Å². The van der Waals surface area contributed by atoms with Crippen molar-refractivity contribution in [2.45, 2.75) is 19.9 Å². The summed E-state index contributed by atoms with van der Waals surface area (Å²) in [6.07, 6.45) is 3.09. The number of carbonyl (C=O) groups is 1. The van der Waals surface area contributed by atoms with Gasteiger partial charge in [-0.1, -0.05) is 24.3 Å². The van der Waals surface area contributed by atoms with Crippen molar-refractivity contribution in [3.05, 3.63) is 60.3 Å². The molecule has 1 aliphatic rings. The lowest BCUT2D eigenvalue weighted by Crippen LogP contribution is -2.47. The SMILES string of the molecule is CCOC(=O)Cn1cc(CCN2CCN(c3cccc(OC)c3)CC2)c2ccccc21. The van der Waals surface area contributed by atoms with E-state index < -0.39 is 0 Å². The number of hydrogen-bond donors (Lipinski definition) is 0. The first-order valence-electron chi connectivity index (χ1n) is 11.0. The predicted molar refractivity (Wildman–Crippen MR) is 124 cm³/mol. The maximum atomic E-state index is 12.0. The van der Waals surface area contributed by atoms with Gasteiger partial charge in [0.15, 0.2) is 0 Å². The molecule has 0 bridgehead atoms. The number of hydrogen-bond acceptors (Lipinski definition) is 5. The normalized spacial score (nSPS) is 14.7. The number of anilines is 1. The summed E-state index contributed by atoms with van der Waals surface area (Å²) in [6.45, 7) is 7.62. The zero-order valence-corrected chi connectivity index (χ0v) is 18.4. The zero-order valence-electron chi connectivity index (χ0n) is 18.4. The van der Waals surface area contributed by atoms with Crippen LogP contribution in [0.15, 0.2) is 54.7 Å². The van der Waals surface area contributed by atoms with E-state index in [0.29, 0.717) is 6.61 Å². The second-order valence-electron chi connectivity index (χ2n) is 7.88. The van der Waals surface area contributed by atoms with Crippen molar-refractivity contribution in [2.75, 3.05) is 51.3 Å². The largest absolute Gasteiger partial charge is 0.497 e. The van der Waals surface area contributed by atoms with Gasteiger partial charge in [-0.15, -0.1) is 0 Å². The molecule has 2 heterocycles. The van der Waals surface area contributed by atoms with Crippen LogP contribution in [0.4, 0.5) is 5.69 Å². The topological polar surface area (TPSA) is 46.9 Å². The Labute approximate surface area is 184 Å².